The fraction of sp³-hybridized carbons (Fsp3) is 1.00. The molecule has 0 fully saturated rings. The fourth-order valence-corrected chi connectivity index (χ4v) is 3.42. The predicted octanol–water partition coefficient (Wildman–Crippen LogP) is 6.86. The molecule has 0 amide bonds. The lowest BCUT2D eigenvalue weighted by Crippen LogP contribution is -2.74. The van der Waals surface area contributed by atoms with Gasteiger partial charge in [-0.05, 0) is 0 Å². The second kappa shape index (κ2) is 8.72. The monoisotopic (exact) mass is 572 g/mol. The van der Waals surface area contributed by atoms with Gasteiger partial charge in [-0.15, -0.1) is 0 Å². The quantitative estimate of drug-likeness (QED) is 0.153. The third kappa shape index (κ3) is 4.72. The van der Waals surface area contributed by atoms with E-state index in [1.807, 2.05) is 0 Å². The Labute approximate surface area is 177 Å². The van der Waals surface area contributed by atoms with Gasteiger partial charge in [-0.1, -0.05) is 11.1 Å². The number of hydrogen-bond donors (Lipinski definition) is 0. The average molecular weight is 573 g/mol. The van der Waals surface area contributed by atoms with Crippen molar-refractivity contribution in [3.63, 3.8) is 0 Å². The molecule has 21 heteroatoms. The van der Waals surface area contributed by atoms with Crippen molar-refractivity contribution < 1.29 is 83.5 Å². The fourth-order valence-electron chi connectivity index (χ4n) is 1.95. The zero-order valence-electron chi connectivity index (χ0n) is 15.5. The summed E-state index contributed by atoms with van der Waals surface area (Å²) in [6, 6.07) is -1.63. The maximum Gasteiger partial charge on any atom is 0.460 e. The molecular formula is C12H10ClF17O2Si. The average Bonchev–Trinajstić information content (AvgIpc) is 2.64. The molecule has 0 unspecified atom stereocenters. The molecule has 2 nitrogen and oxygen atoms in total. The van der Waals surface area contributed by atoms with Crippen LogP contribution in [0.15, 0.2) is 0 Å². The van der Waals surface area contributed by atoms with Gasteiger partial charge in [0.2, 0.25) is 0 Å². The molecule has 0 atom stereocenters. The minimum absolute atomic E-state index is 0.630. The number of alkyl halides is 17. The summed E-state index contributed by atoms with van der Waals surface area (Å²) in [7, 11) is -3.11. The van der Waals surface area contributed by atoms with E-state index in [2.05, 4.69) is 8.85 Å². The molecular weight excluding hydrogens is 563 g/mol. The topological polar surface area (TPSA) is 18.5 Å². The van der Waals surface area contributed by atoms with Crippen LogP contribution in [-0.2, 0) is 8.85 Å². The van der Waals surface area contributed by atoms with Crippen LogP contribution in [0.25, 0.3) is 0 Å². The first-order chi connectivity index (χ1) is 14.1. The molecule has 0 aliphatic heterocycles. The van der Waals surface area contributed by atoms with Crippen LogP contribution in [0.1, 0.15) is 6.42 Å². The molecule has 200 valence electrons. The molecule has 0 radical (unpaired) electrons. The van der Waals surface area contributed by atoms with Gasteiger partial charge in [0, 0.05) is 26.7 Å². The SMILES string of the molecule is CO[Si](Cl)(CCC(F)(F)C(F)(F)C(F)(F)C(F)(F)C(F)(F)C(F)(F)C(F)(F)C(F)(F)F)OC. The van der Waals surface area contributed by atoms with Gasteiger partial charge >= 0.3 is 55.5 Å². The summed E-state index contributed by atoms with van der Waals surface area (Å²) in [5.74, 6) is -56.5. The molecule has 0 rings (SSSR count). The summed E-state index contributed by atoms with van der Waals surface area (Å²) < 4.78 is 231. The zero-order valence-corrected chi connectivity index (χ0v) is 17.3. The molecule has 0 aromatic heterocycles. The van der Waals surface area contributed by atoms with Crippen LogP contribution < -0.4 is 0 Å². The van der Waals surface area contributed by atoms with Crippen molar-refractivity contribution in [1.29, 1.82) is 0 Å². The molecule has 0 N–H and O–H groups in total. The van der Waals surface area contributed by atoms with Crippen LogP contribution in [0.3, 0.4) is 0 Å². The first-order valence-electron chi connectivity index (χ1n) is 7.58. The largest absolute Gasteiger partial charge is 0.460 e. The van der Waals surface area contributed by atoms with E-state index >= 15 is 0 Å². The van der Waals surface area contributed by atoms with Gasteiger partial charge in [-0.2, -0.15) is 74.6 Å². The van der Waals surface area contributed by atoms with Crippen molar-refractivity contribution >= 4 is 18.9 Å². The highest BCUT2D eigenvalue weighted by Crippen LogP contribution is 2.64. The third-order valence-corrected chi connectivity index (χ3v) is 7.69. The van der Waals surface area contributed by atoms with Crippen LogP contribution in [-0.4, -0.2) is 69.7 Å². The summed E-state index contributed by atoms with van der Waals surface area (Å²) in [6.45, 7) is 0. The van der Waals surface area contributed by atoms with Crippen molar-refractivity contribution in [1.82, 2.24) is 0 Å². The Bertz CT molecular complexity index is 688. The van der Waals surface area contributed by atoms with Gasteiger partial charge in [-0.25, -0.2) is 0 Å². The zero-order chi connectivity index (χ0) is 27.3. The van der Waals surface area contributed by atoms with Gasteiger partial charge in [0.05, 0.1) is 0 Å². The van der Waals surface area contributed by atoms with E-state index in [4.69, 9.17) is 11.1 Å². The highest BCUT2D eigenvalue weighted by molar-refractivity contribution is 7.12. The standard InChI is InChI=1S/C12H10ClF17O2Si/c1-31-33(13,32-2)4-3-5(14,15)6(16,17)7(18,19)8(20,21)9(22,23)10(24,25)11(26,27)12(28,29)30/h3-4H2,1-2H3. The number of rotatable bonds is 11. The van der Waals surface area contributed by atoms with E-state index in [1.165, 1.54) is 0 Å². The Morgan fingerprint density at radius 2 is 0.788 bits per heavy atom. The van der Waals surface area contributed by atoms with Crippen molar-refractivity contribution in [2.75, 3.05) is 14.2 Å². The lowest BCUT2D eigenvalue weighted by Gasteiger charge is -2.43. The molecule has 0 heterocycles. The third-order valence-electron chi connectivity index (χ3n) is 4.13. The van der Waals surface area contributed by atoms with E-state index in [0.29, 0.717) is 14.2 Å². The van der Waals surface area contributed by atoms with Crippen molar-refractivity contribution in [2.24, 2.45) is 0 Å². The molecule has 33 heavy (non-hydrogen) atoms. The van der Waals surface area contributed by atoms with E-state index in [1.54, 1.807) is 0 Å². The number of hydrogen-bond acceptors (Lipinski definition) is 2. The van der Waals surface area contributed by atoms with Crippen molar-refractivity contribution in [2.45, 2.75) is 60.1 Å². The van der Waals surface area contributed by atoms with Crippen LogP contribution >= 0.6 is 11.1 Å². The first kappa shape index (κ1) is 32.2. The predicted molar refractivity (Wildman–Crippen MR) is 75.7 cm³/mol. The van der Waals surface area contributed by atoms with Gasteiger partial charge in [-0.3, -0.25) is 0 Å². The van der Waals surface area contributed by atoms with E-state index in [0.717, 1.165) is 0 Å². The normalized spacial score (nSPS) is 16.4. The van der Waals surface area contributed by atoms with Gasteiger partial charge < -0.3 is 8.85 Å². The van der Waals surface area contributed by atoms with Crippen molar-refractivity contribution in [3.8, 4) is 0 Å². The van der Waals surface area contributed by atoms with Crippen molar-refractivity contribution in [3.05, 3.63) is 0 Å². The van der Waals surface area contributed by atoms with Gasteiger partial charge in [0.25, 0.3) is 0 Å². The van der Waals surface area contributed by atoms with Crippen LogP contribution in [0.2, 0.25) is 6.04 Å². The van der Waals surface area contributed by atoms with E-state index in [9.17, 15) is 74.6 Å². The smallest absolute Gasteiger partial charge is 0.386 e. The lowest BCUT2D eigenvalue weighted by atomic mass is 9.88. The molecule has 0 saturated heterocycles. The van der Waals surface area contributed by atoms with E-state index in [-0.39, 0.29) is 0 Å². The lowest BCUT2D eigenvalue weighted by molar-refractivity contribution is -0.461. The van der Waals surface area contributed by atoms with Crippen LogP contribution in [0.5, 0.6) is 0 Å². The Kier molecular flexibility index (Phi) is 8.52. The molecule has 0 aromatic carbocycles. The summed E-state index contributed by atoms with van der Waals surface area (Å²) in [5, 5.41) is 0. The highest BCUT2D eigenvalue weighted by Gasteiger charge is 2.95. The summed E-state index contributed by atoms with van der Waals surface area (Å²) in [5.41, 5.74) is 0. The maximum absolute atomic E-state index is 13.7. The van der Waals surface area contributed by atoms with E-state index < -0.39 is 68.0 Å². The molecule has 0 aromatic rings. The molecule has 0 spiro atoms. The second-order valence-electron chi connectivity index (χ2n) is 6.22. The minimum atomic E-state index is -8.65. The minimum Gasteiger partial charge on any atom is -0.386 e. The molecule has 0 aliphatic rings. The summed E-state index contributed by atoms with van der Waals surface area (Å²) in [6.07, 6.45) is -10.5. The maximum atomic E-state index is 13.7. The molecule has 0 saturated carbocycles. The number of halogens is 18. The van der Waals surface area contributed by atoms with Crippen LogP contribution in [0.4, 0.5) is 74.6 Å². The Hall–Kier alpha value is -0.763. The summed E-state index contributed by atoms with van der Waals surface area (Å²) >= 11 is 5.37. The first-order valence-corrected chi connectivity index (χ1v) is 10.6. The molecule has 0 bridgehead atoms. The Morgan fingerprint density at radius 1 is 0.515 bits per heavy atom. The van der Waals surface area contributed by atoms with Gasteiger partial charge in [0.1, 0.15) is 0 Å². The Morgan fingerprint density at radius 3 is 1.06 bits per heavy atom. The summed E-state index contributed by atoms with van der Waals surface area (Å²) in [4.78, 5) is 0. The van der Waals surface area contributed by atoms with Gasteiger partial charge in [0.15, 0.2) is 0 Å². The molecule has 0 aliphatic carbocycles. The highest BCUT2D eigenvalue weighted by atomic mass is 35.6. The second-order valence-corrected chi connectivity index (χ2v) is 10.6. The van der Waals surface area contributed by atoms with Crippen LogP contribution in [0, 0.1) is 0 Å². The Balaban J connectivity index is 6.53.